The van der Waals surface area contributed by atoms with Crippen LogP contribution in [-0.4, -0.2) is 15.0 Å². The Balaban J connectivity index is 1.18. The first-order valence-electron chi connectivity index (χ1n) is 15.5. The molecule has 0 saturated carbocycles. The van der Waals surface area contributed by atoms with Crippen LogP contribution < -0.4 is 0 Å². The predicted molar refractivity (Wildman–Crippen MR) is 192 cm³/mol. The standard InChI is InChI=1S/C43H27N3/c1-3-11-30(12-4-1)41-44-42(31-13-5-2-6-14-31)46-43(45-41)34-22-23-37-32(26-34)15-9-17-36(37)33-19-18-29-21-24-38-35-16-8-7-10-28(35)20-25-39(38)40(29)27-33/h1-27H. The highest BCUT2D eigenvalue weighted by molar-refractivity contribution is 6.18. The second-order valence-electron chi connectivity index (χ2n) is 11.7. The number of nitrogens with zero attached hydrogens (tertiary/aromatic N) is 3. The first kappa shape index (κ1) is 26.2. The fourth-order valence-electron chi connectivity index (χ4n) is 6.60. The van der Waals surface area contributed by atoms with E-state index in [0.717, 1.165) is 22.1 Å². The topological polar surface area (TPSA) is 38.7 Å². The van der Waals surface area contributed by atoms with Gasteiger partial charge in [-0.1, -0.05) is 152 Å². The minimum Gasteiger partial charge on any atom is -0.208 e. The summed E-state index contributed by atoms with van der Waals surface area (Å²) in [5.74, 6) is 1.98. The normalized spacial score (nSPS) is 11.5. The van der Waals surface area contributed by atoms with Crippen LogP contribution in [-0.2, 0) is 0 Å². The molecule has 9 rings (SSSR count). The molecule has 0 aliphatic carbocycles. The molecule has 0 aliphatic rings. The van der Waals surface area contributed by atoms with Crippen LogP contribution in [0.3, 0.4) is 0 Å². The molecule has 1 aromatic heterocycles. The van der Waals surface area contributed by atoms with Gasteiger partial charge in [-0.25, -0.2) is 15.0 Å². The van der Waals surface area contributed by atoms with E-state index >= 15 is 0 Å². The fourth-order valence-corrected chi connectivity index (χ4v) is 6.60. The molecule has 8 aromatic carbocycles. The van der Waals surface area contributed by atoms with Gasteiger partial charge in [-0.15, -0.1) is 0 Å². The lowest BCUT2D eigenvalue weighted by Gasteiger charge is -2.12. The molecule has 0 radical (unpaired) electrons. The van der Waals surface area contributed by atoms with E-state index in [1.807, 2.05) is 60.7 Å². The van der Waals surface area contributed by atoms with E-state index in [2.05, 4.69) is 103 Å². The van der Waals surface area contributed by atoms with Gasteiger partial charge in [0, 0.05) is 16.7 Å². The molecule has 0 atom stereocenters. The van der Waals surface area contributed by atoms with Gasteiger partial charge in [-0.3, -0.25) is 0 Å². The Hall–Kier alpha value is -6.19. The number of benzene rings is 8. The monoisotopic (exact) mass is 585 g/mol. The molecule has 1 heterocycles. The lowest BCUT2D eigenvalue weighted by molar-refractivity contribution is 1.07. The van der Waals surface area contributed by atoms with Crippen molar-refractivity contribution in [3.8, 4) is 45.3 Å². The molecule has 0 amide bonds. The van der Waals surface area contributed by atoms with E-state index in [0.29, 0.717) is 17.5 Å². The third-order valence-corrected chi connectivity index (χ3v) is 8.89. The molecule has 46 heavy (non-hydrogen) atoms. The fraction of sp³-hybridized carbons (Fsp3) is 0. The maximum atomic E-state index is 4.95. The van der Waals surface area contributed by atoms with Crippen molar-refractivity contribution in [1.29, 1.82) is 0 Å². The highest BCUT2D eigenvalue weighted by Gasteiger charge is 2.14. The summed E-state index contributed by atoms with van der Waals surface area (Å²) in [6.45, 7) is 0. The van der Waals surface area contributed by atoms with Gasteiger partial charge in [0.15, 0.2) is 17.5 Å². The smallest absolute Gasteiger partial charge is 0.164 e. The largest absolute Gasteiger partial charge is 0.208 e. The molecule has 0 saturated heterocycles. The first-order chi connectivity index (χ1) is 22.8. The van der Waals surface area contributed by atoms with Crippen molar-refractivity contribution in [2.45, 2.75) is 0 Å². The molecule has 0 bridgehead atoms. The van der Waals surface area contributed by atoms with Crippen LogP contribution in [0.2, 0.25) is 0 Å². The zero-order valence-corrected chi connectivity index (χ0v) is 24.9. The molecule has 0 aliphatic heterocycles. The van der Waals surface area contributed by atoms with E-state index in [1.54, 1.807) is 0 Å². The Morgan fingerprint density at radius 3 is 1.50 bits per heavy atom. The average Bonchev–Trinajstić information content (AvgIpc) is 3.14. The van der Waals surface area contributed by atoms with Crippen molar-refractivity contribution >= 4 is 43.1 Å². The summed E-state index contributed by atoms with van der Waals surface area (Å²) in [5, 5.41) is 9.95. The van der Waals surface area contributed by atoms with E-state index < -0.39 is 0 Å². The summed E-state index contributed by atoms with van der Waals surface area (Å²) in [5.41, 5.74) is 5.28. The zero-order chi connectivity index (χ0) is 30.5. The lowest BCUT2D eigenvalue weighted by Crippen LogP contribution is -2.00. The van der Waals surface area contributed by atoms with Crippen molar-refractivity contribution in [3.05, 3.63) is 164 Å². The SMILES string of the molecule is c1ccc(-c2nc(-c3ccccc3)nc(-c3ccc4c(-c5ccc6ccc7c8ccccc8ccc7c6c5)cccc4c3)n2)cc1. The van der Waals surface area contributed by atoms with Gasteiger partial charge >= 0.3 is 0 Å². The Morgan fingerprint density at radius 2 is 0.783 bits per heavy atom. The van der Waals surface area contributed by atoms with E-state index in [-0.39, 0.29) is 0 Å². The van der Waals surface area contributed by atoms with Gasteiger partial charge in [0.2, 0.25) is 0 Å². The number of hydrogen-bond donors (Lipinski definition) is 0. The third-order valence-electron chi connectivity index (χ3n) is 8.89. The molecule has 0 N–H and O–H groups in total. The molecule has 0 spiro atoms. The van der Waals surface area contributed by atoms with Gasteiger partial charge in [0.25, 0.3) is 0 Å². The highest BCUT2D eigenvalue weighted by Crippen LogP contribution is 2.37. The summed E-state index contributed by atoms with van der Waals surface area (Å²) in [7, 11) is 0. The van der Waals surface area contributed by atoms with Gasteiger partial charge in [-0.2, -0.15) is 0 Å². The minimum absolute atomic E-state index is 0.657. The minimum atomic E-state index is 0.657. The molecule has 3 heteroatoms. The number of fused-ring (bicyclic) bond motifs is 6. The molecule has 0 fully saturated rings. The van der Waals surface area contributed by atoms with Gasteiger partial charge in [-0.05, 0) is 66.3 Å². The van der Waals surface area contributed by atoms with Crippen molar-refractivity contribution in [3.63, 3.8) is 0 Å². The molecule has 214 valence electrons. The highest BCUT2D eigenvalue weighted by atomic mass is 15.0. The maximum Gasteiger partial charge on any atom is 0.164 e. The van der Waals surface area contributed by atoms with Crippen molar-refractivity contribution in [2.24, 2.45) is 0 Å². The van der Waals surface area contributed by atoms with Crippen molar-refractivity contribution < 1.29 is 0 Å². The third kappa shape index (κ3) is 4.49. The Bertz CT molecular complexity index is 2520. The van der Waals surface area contributed by atoms with Crippen LogP contribution in [0, 0.1) is 0 Å². The van der Waals surface area contributed by atoms with Crippen molar-refractivity contribution in [1.82, 2.24) is 15.0 Å². The van der Waals surface area contributed by atoms with Crippen LogP contribution in [0.25, 0.3) is 88.4 Å². The summed E-state index contributed by atoms with van der Waals surface area (Å²) in [6, 6.07) is 57.7. The quantitative estimate of drug-likeness (QED) is 0.193. The molecule has 9 aromatic rings. The van der Waals surface area contributed by atoms with E-state index in [1.165, 1.54) is 48.8 Å². The number of rotatable bonds is 4. The summed E-state index contributed by atoms with van der Waals surface area (Å²) >= 11 is 0. The summed E-state index contributed by atoms with van der Waals surface area (Å²) in [6.07, 6.45) is 0. The molecule has 0 unspecified atom stereocenters. The van der Waals surface area contributed by atoms with Crippen LogP contribution in [0.15, 0.2) is 164 Å². The Kier molecular flexibility index (Phi) is 6.14. The summed E-state index contributed by atoms with van der Waals surface area (Å²) < 4.78 is 0. The van der Waals surface area contributed by atoms with Gasteiger partial charge in [0.1, 0.15) is 0 Å². The van der Waals surface area contributed by atoms with Gasteiger partial charge < -0.3 is 0 Å². The maximum absolute atomic E-state index is 4.95. The molecule has 3 nitrogen and oxygen atoms in total. The summed E-state index contributed by atoms with van der Waals surface area (Å²) in [4.78, 5) is 14.8. The van der Waals surface area contributed by atoms with Crippen LogP contribution >= 0.6 is 0 Å². The Morgan fingerprint density at radius 1 is 0.261 bits per heavy atom. The van der Waals surface area contributed by atoms with Crippen LogP contribution in [0.1, 0.15) is 0 Å². The van der Waals surface area contributed by atoms with E-state index in [9.17, 15) is 0 Å². The average molecular weight is 586 g/mol. The molecular formula is C43H27N3. The van der Waals surface area contributed by atoms with Crippen molar-refractivity contribution in [2.75, 3.05) is 0 Å². The first-order valence-corrected chi connectivity index (χ1v) is 15.5. The molecular weight excluding hydrogens is 558 g/mol. The number of aromatic nitrogens is 3. The Labute approximate surface area is 266 Å². The number of hydrogen-bond acceptors (Lipinski definition) is 3. The zero-order valence-electron chi connectivity index (χ0n) is 24.9. The second-order valence-corrected chi connectivity index (χ2v) is 11.7. The second kappa shape index (κ2) is 10.8. The van der Waals surface area contributed by atoms with Crippen LogP contribution in [0.4, 0.5) is 0 Å². The predicted octanol–water partition coefficient (Wildman–Crippen LogP) is 11.2. The van der Waals surface area contributed by atoms with Crippen LogP contribution in [0.5, 0.6) is 0 Å². The van der Waals surface area contributed by atoms with E-state index in [4.69, 9.17) is 15.0 Å². The lowest BCUT2D eigenvalue weighted by atomic mass is 9.92. The van der Waals surface area contributed by atoms with Gasteiger partial charge in [0.05, 0.1) is 0 Å².